The first kappa shape index (κ1) is 67.8. The van der Waals surface area contributed by atoms with Crippen molar-refractivity contribution in [2.75, 3.05) is 47.5 Å². The number of likely N-dealkylation sites (N-methyl/N-ethyl adjacent to an activating group) is 1. The predicted octanol–water partition coefficient (Wildman–Crippen LogP) is 17.8. The fourth-order valence-corrected chi connectivity index (χ4v) is 9.62. The maximum atomic E-state index is 12.8. The first-order valence-electron chi connectivity index (χ1n) is 29.9. The molecule has 0 N–H and O–H groups in total. The third-order valence-corrected chi connectivity index (χ3v) is 14.5. The van der Waals surface area contributed by atoms with Crippen molar-refractivity contribution in [3.63, 3.8) is 0 Å². The first-order valence-corrected chi connectivity index (χ1v) is 31.4. The number of quaternary nitrogens is 1. The number of allylic oxidation sites excluding steroid dienone is 2. The van der Waals surface area contributed by atoms with Gasteiger partial charge in [0.1, 0.15) is 19.8 Å². The Balaban J connectivity index is 4.08. The summed E-state index contributed by atoms with van der Waals surface area (Å²) in [6.07, 6.45) is 59.7. The average molecular weight is 999 g/mol. The van der Waals surface area contributed by atoms with Crippen molar-refractivity contribution in [2.24, 2.45) is 0 Å². The van der Waals surface area contributed by atoms with Crippen LogP contribution >= 0.6 is 7.82 Å². The average Bonchev–Trinajstić information content (AvgIpc) is 3.31. The molecule has 0 aliphatic carbocycles. The van der Waals surface area contributed by atoms with Gasteiger partial charge in [-0.05, 0) is 38.5 Å². The zero-order chi connectivity index (χ0) is 50.6. The Bertz CT molecular complexity index is 1180. The number of hydrogen-bond acceptors (Lipinski definition) is 8. The maximum Gasteiger partial charge on any atom is 0.306 e. The highest BCUT2D eigenvalue weighted by atomic mass is 31.2. The summed E-state index contributed by atoms with van der Waals surface area (Å²) in [5.41, 5.74) is 0. The summed E-state index contributed by atoms with van der Waals surface area (Å²) in [7, 11) is 1.19. The van der Waals surface area contributed by atoms with Gasteiger partial charge in [-0.3, -0.25) is 14.2 Å². The number of esters is 2. The molecule has 0 saturated carbocycles. The van der Waals surface area contributed by atoms with Crippen LogP contribution in [-0.4, -0.2) is 70.0 Å². The largest absolute Gasteiger partial charge is 0.756 e. The lowest BCUT2D eigenvalue weighted by Crippen LogP contribution is -2.37. The van der Waals surface area contributed by atoms with Crippen LogP contribution in [0.5, 0.6) is 0 Å². The highest BCUT2D eigenvalue weighted by Crippen LogP contribution is 2.38. The van der Waals surface area contributed by atoms with Crippen molar-refractivity contribution in [1.29, 1.82) is 0 Å². The number of phosphoric ester groups is 1. The molecule has 69 heavy (non-hydrogen) atoms. The third-order valence-electron chi connectivity index (χ3n) is 13.5. The topological polar surface area (TPSA) is 111 Å². The lowest BCUT2D eigenvalue weighted by molar-refractivity contribution is -0.870. The van der Waals surface area contributed by atoms with Crippen LogP contribution in [0.25, 0.3) is 0 Å². The number of rotatable bonds is 56. The molecule has 0 aromatic rings. The Morgan fingerprint density at radius 2 is 0.739 bits per heavy atom. The van der Waals surface area contributed by atoms with Crippen molar-refractivity contribution < 1.29 is 42.1 Å². The second-order valence-electron chi connectivity index (χ2n) is 21.7. The quantitative estimate of drug-likeness (QED) is 0.0195. The number of unbranched alkanes of at least 4 members (excludes halogenated alkanes) is 40. The Morgan fingerprint density at radius 3 is 1.07 bits per heavy atom. The summed E-state index contributed by atoms with van der Waals surface area (Å²) in [5.74, 6) is -0.813. The third kappa shape index (κ3) is 55.9. The van der Waals surface area contributed by atoms with E-state index in [0.717, 1.165) is 32.1 Å². The van der Waals surface area contributed by atoms with E-state index >= 15 is 0 Å². The number of hydrogen-bond donors (Lipinski definition) is 0. The van der Waals surface area contributed by atoms with Crippen LogP contribution in [0.3, 0.4) is 0 Å². The molecule has 410 valence electrons. The van der Waals surface area contributed by atoms with Crippen molar-refractivity contribution in [3.8, 4) is 0 Å². The van der Waals surface area contributed by atoms with Crippen LogP contribution in [0.1, 0.15) is 303 Å². The minimum absolute atomic E-state index is 0.0265. The summed E-state index contributed by atoms with van der Waals surface area (Å²) in [4.78, 5) is 37.9. The van der Waals surface area contributed by atoms with Gasteiger partial charge in [-0.15, -0.1) is 0 Å². The molecule has 0 aliphatic heterocycles. The zero-order valence-electron chi connectivity index (χ0n) is 46.5. The summed E-state index contributed by atoms with van der Waals surface area (Å²) in [6, 6.07) is 0. The van der Waals surface area contributed by atoms with Crippen LogP contribution in [-0.2, 0) is 32.7 Å². The van der Waals surface area contributed by atoms with Crippen LogP contribution in [0, 0.1) is 0 Å². The molecule has 0 radical (unpaired) electrons. The van der Waals surface area contributed by atoms with Crippen molar-refractivity contribution >= 4 is 19.8 Å². The van der Waals surface area contributed by atoms with Gasteiger partial charge in [-0.25, -0.2) is 0 Å². The molecule has 0 fully saturated rings. The molecule has 0 bridgehead atoms. The molecule has 0 aromatic carbocycles. The van der Waals surface area contributed by atoms with Gasteiger partial charge in [-0.2, -0.15) is 0 Å². The minimum Gasteiger partial charge on any atom is -0.756 e. The smallest absolute Gasteiger partial charge is 0.306 e. The molecule has 2 atom stereocenters. The maximum absolute atomic E-state index is 12.8. The van der Waals surface area contributed by atoms with Crippen LogP contribution < -0.4 is 4.89 Å². The molecule has 0 aromatic heterocycles. The van der Waals surface area contributed by atoms with Crippen molar-refractivity contribution in [1.82, 2.24) is 0 Å². The monoisotopic (exact) mass is 998 g/mol. The molecule has 0 amide bonds. The van der Waals surface area contributed by atoms with E-state index in [2.05, 4.69) is 26.0 Å². The number of carbonyl (C=O) groups excluding carboxylic acids is 2. The molecular weight excluding hydrogens is 882 g/mol. The Labute approximate surface area is 428 Å². The first-order chi connectivity index (χ1) is 33.5. The normalized spacial score (nSPS) is 13.3. The summed E-state index contributed by atoms with van der Waals surface area (Å²) >= 11 is 0. The highest BCUT2D eigenvalue weighted by Gasteiger charge is 2.22. The van der Waals surface area contributed by atoms with Gasteiger partial charge >= 0.3 is 11.9 Å². The van der Waals surface area contributed by atoms with E-state index in [-0.39, 0.29) is 32.0 Å². The van der Waals surface area contributed by atoms with E-state index < -0.39 is 26.5 Å². The Kier molecular flexibility index (Phi) is 50.7. The Morgan fingerprint density at radius 1 is 0.435 bits per heavy atom. The molecule has 2 unspecified atom stereocenters. The molecule has 9 nitrogen and oxygen atoms in total. The fourth-order valence-electron chi connectivity index (χ4n) is 8.89. The van der Waals surface area contributed by atoms with Crippen LogP contribution in [0.15, 0.2) is 12.2 Å². The lowest BCUT2D eigenvalue weighted by Gasteiger charge is -2.28. The zero-order valence-corrected chi connectivity index (χ0v) is 47.4. The standard InChI is InChI=1S/C59H116NO8P/c1-6-8-10-12-14-16-18-20-22-24-26-27-28-29-30-31-32-33-34-36-38-40-42-44-46-48-50-52-59(62)68-57(56-67-69(63,64)66-54-53-60(3,4)5)55-65-58(61)51-49-47-45-43-41-39-37-35-25-23-21-19-17-15-13-11-9-7-2/h24,26,57H,6-23,25,27-56H2,1-5H3/b26-24-. The van der Waals surface area contributed by atoms with Crippen molar-refractivity contribution in [2.45, 2.75) is 309 Å². The number of ether oxygens (including phenoxy) is 2. The molecule has 0 heterocycles. The van der Waals surface area contributed by atoms with Gasteiger partial charge in [0, 0.05) is 12.8 Å². The number of carbonyl (C=O) groups is 2. The lowest BCUT2D eigenvalue weighted by atomic mass is 10.0. The van der Waals surface area contributed by atoms with Gasteiger partial charge in [0.15, 0.2) is 6.10 Å². The fraction of sp³-hybridized carbons (Fsp3) is 0.932. The van der Waals surface area contributed by atoms with E-state index in [0.29, 0.717) is 17.4 Å². The summed E-state index contributed by atoms with van der Waals surface area (Å²) < 4.78 is 34.2. The Hall–Kier alpha value is -1.25. The van der Waals surface area contributed by atoms with Crippen molar-refractivity contribution in [3.05, 3.63) is 12.2 Å². The van der Waals surface area contributed by atoms with Gasteiger partial charge in [0.25, 0.3) is 7.82 Å². The highest BCUT2D eigenvalue weighted by molar-refractivity contribution is 7.45. The predicted molar refractivity (Wildman–Crippen MR) is 292 cm³/mol. The molecule has 10 heteroatoms. The van der Waals surface area contributed by atoms with Crippen LogP contribution in [0.4, 0.5) is 0 Å². The molecule has 0 spiro atoms. The molecule has 0 saturated heterocycles. The van der Waals surface area contributed by atoms with Gasteiger partial charge in [-0.1, -0.05) is 264 Å². The summed E-state index contributed by atoms with van der Waals surface area (Å²) in [6.45, 7) is 4.30. The minimum atomic E-state index is -4.63. The van der Waals surface area contributed by atoms with E-state index in [4.69, 9.17) is 18.5 Å². The number of phosphoric acid groups is 1. The van der Waals surface area contributed by atoms with E-state index in [1.54, 1.807) is 0 Å². The summed E-state index contributed by atoms with van der Waals surface area (Å²) in [5, 5.41) is 0. The van der Waals surface area contributed by atoms with Gasteiger partial charge < -0.3 is 27.9 Å². The number of nitrogens with zero attached hydrogens (tertiary/aromatic N) is 1. The van der Waals surface area contributed by atoms with Gasteiger partial charge in [0.2, 0.25) is 0 Å². The van der Waals surface area contributed by atoms with Gasteiger partial charge in [0.05, 0.1) is 27.7 Å². The second kappa shape index (κ2) is 51.6. The SMILES string of the molecule is CCCCCCCCCC/C=C\CCCCCCCCCCCCCCCCCC(=O)OC(COC(=O)CCCCCCCCCCCCCCCCCCCC)COP(=O)([O-])OCC[N+](C)(C)C. The molecular formula is C59H116NO8P. The molecule has 0 aliphatic rings. The molecule has 0 rings (SSSR count). The van der Waals surface area contributed by atoms with E-state index in [1.165, 1.54) is 238 Å². The van der Waals surface area contributed by atoms with E-state index in [1.807, 2.05) is 21.1 Å². The van der Waals surface area contributed by atoms with E-state index in [9.17, 15) is 19.0 Å². The van der Waals surface area contributed by atoms with Crippen LogP contribution in [0.2, 0.25) is 0 Å². The second-order valence-corrected chi connectivity index (χ2v) is 23.1.